The summed E-state index contributed by atoms with van der Waals surface area (Å²) in [6.45, 7) is 0. The molecular weight excluding hydrogens is 318 g/mol. The van der Waals surface area contributed by atoms with Crippen LogP contribution in [0, 0.1) is 5.92 Å². The van der Waals surface area contributed by atoms with Gasteiger partial charge in [-0.1, -0.05) is 24.3 Å². The number of benzene rings is 1. The predicted octanol–water partition coefficient (Wildman–Crippen LogP) is 4.19. The van der Waals surface area contributed by atoms with E-state index in [9.17, 15) is 0 Å². The van der Waals surface area contributed by atoms with Crippen LogP contribution in [0.3, 0.4) is 0 Å². The molecule has 1 aromatic heterocycles. The summed E-state index contributed by atoms with van der Waals surface area (Å²) < 4.78 is 1.21. The number of hydrogen-bond acceptors (Lipinski definition) is 2. The van der Waals surface area contributed by atoms with Crippen LogP contribution in [-0.2, 0) is 19.3 Å². The van der Waals surface area contributed by atoms with E-state index in [1.165, 1.54) is 33.3 Å². The molecule has 0 aliphatic heterocycles. The van der Waals surface area contributed by atoms with Gasteiger partial charge in [-0.05, 0) is 70.1 Å². The first kappa shape index (κ1) is 13.3. The summed E-state index contributed by atoms with van der Waals surface area (Å²) in [4.78, 5) is 1.38. The Morgan fingerprint density at radius 3 is 2.79 bits per heavy atom. The molecule has 0 amide bonds. The van der Waals surface area contributed by atoms with Crippen molar-refractivity contribution in [2.75, 3.05) is 0 Å². The van der Waals surface area contributed by atoms with Gasteiger partial charge in [-0.2, -0.15) is 0 Å². The smallest absolute Gasteiger partial charge is 0.0314 e. The third kappa shape index (κ3) is 2.93. The Bertz CT molecular complexity index is 563. The molecule has 2 unspecified atom stereocenters. The normalized spacial score (nSPS) is 20.0. The van der Waals surface area contributed by atoms with Gasteiger partial charge in [0.25, 0.3) is 0 Å². The maximum atomic E-state index is 6.45. The molecule has 0 bridgehead atoms. The lowest BCUT2D eigenvalue weighted by molar-refractivity contribution is 0.373. The van der Waals surface area contributed by atoms with Gasteiger partial charge < -0.3 is 5.73 Å². The lowest BCUT2D eigenvalue weighted by Crippen LogP contribution is -2.35. The van der Waals surface area contributed by atoms with Gasteiger partial charge in [-0.25, -0.2) is 0 Å². The van der Waals surface area contributed by atoms with Crippen LogP contribution in [0.2, 0.25) is 0 Å². The second-order valence-electron chi connectivity index (χ2n) is 5.33. The van der Waals surface area contributed by atoms with Crippen LogP contribution in [0.4, 0.5) is 0 Å². The molecule has 0 fully saturated rings. The fourth-order valence-corrected chi connectivity index (χ4v) is 4.53. The van der Waals surface area contributed by atoms with Crippen molar-refractivity contribution < 1.29 is 0 Å². The molecule has 3 rings (SSSR count). The number of thiophene rings is 1. The molecular formula is C16H18BrNS. The Kier molecular flexibility index (Phi) is 4.06. The summed E-state index contributed by atoms with van der Waals surface area (Å²) in [6, 6.07) is 11.2. The molecule has 2 aromatic rings. The predicted molar refractivity (Wildman–Crippen MR) is 85.7 cm³/mol. The molecule has 1 heterocycles. The first-order valence-corrected chi connectivity index (χ1v) is 8.45. The van der Waals surface area contributed by atoms with E-state index in [1.54, 1.807) is 11.3 Å². The van der Waals surface area contributed by atoms with Gasteiger partial charge >= 0.3 is 0 Å². The quantitative estimate of drug-likeness (QED) is 0.894. The van der Waals surface area contributed by atoms with Crippen LogP contribution < -0.4 is 5.73 Å². The molecule has 100 valence electrons. The van der Waals surface area contributed by atoms with Crippen molar-refractivity contribution in [3.05, 3.63) is 56.2 Å². The van der Waals surface area contributed by atoms with Crippen LogP contribution >= 0.6 is 27.3 Å². The van der Waals surface area contributed by atoms with E-state index in [4.69, 9.17) is 5.73 Å². The molecule has 1 aliphatic carbocycles. The molecule has 0 spiro atoms. The SMILES string of the molecule is NC(Cc1sccc1Br)C1CCc2ccccc2C1. The third-order valence-electron chi connectivity index (χ3n) is 4.10. The van der Waals surface area contributed by atoms with Crippen molar-refractivity contribution in [3.63, 3.8) is 0 Å². The zero-order chi connectivity index (χ0) is 13.2. The molecule has 2 atom stereocenters. The highest BCUT2D eigenvalue weighted by atomic mass is 79.9. The lowest BCUT2D eigenvalue weighted by Gasteiger charge is -2.29. The maximum Gasteiger partial charge on any atom is 0.0314 e. The molecule has 0 saturated carbocycles. The van der Waals surface area contributed by atoms with Gasteiger partial charge in [0, 0.05) is 15.4 Å². The zero-order valence-corrected chi connectivity index (χ0v) is 13.2. The fourth-order valence-electron chi connectivity index (χ4n) is 2.94. The Labute approximate surface area is 127 Å². The number of nitrogens with two attached hydrogens (primary N) is 1. The van der Waals surface area contributed by atoms with Crippen molar-refractivity contribution in [1.29, 1.82) is 0 Å². The van der Waals surface area contributed by atoms with Crippen LogP contribution in [0.25, 0.3) is 0 Å². The number of aryl methyl sites for hydroxylation is 1. The molecule has 19 heavy (non-hydrogen) atoms. The summed E-state index contributed by atoms with van der Waals surface area (Å²) in [5.41, 5.74) is 9.47. The zero-order valence-electron chi connectivity index (χ0n) is 10.8. The lowest BCUT2D eigenvalue weighted by atomic mass is 9.79. The van der Waals surface area contributed by atoms with Crippen molar-refractivity contribution in [3.8, 4) is 0 Å². The van der Waals surface area contributed by atoms with E-state index in [2.05, 4.69) is 51.6 Å². The maximum absolute atomic E-state index is 6.45. The second kappa shape index (κ2) is 5.78. The average molecular weight is 336 g/mol. The summed E-state index contributed by atoms with van der Waals surface area (Å²) >= 11 is 5.40. The first-order valence-electron chi connectivity index (χ1n) is 6.78. The van der Waals surface area contributed by atoms with Crippen molar-refractivity contribution >= 4 is 27.3 Å². The second-order valence-corrected chi connectivity index (χ2v) is 7.19. The van der Waals surface area contributed by atoms with Gasteiger partial charge in [0.1, 0.15) is 0 Å². The minimum atomic E-state index is 0.267. The monoisotopic (exact) mass is 335 g/mol. The third-order valence-corrected chi connectivity index (χ3v) is 6.05. The first-order chi connectivity index (χ1) is 9.24. The number of halogens is 1. The molecule has 0 saturated heterocycles. The van der Waals surface area contributed by atoms with Gasteiger partial charge in [-0.3, -0.25) is 0 Å². The molecule has 2 N–H and O–H groups in total. The van der Waals surface area contributed by atoms with Crippen LogP contribution in [0.15, 0.2) is 40.2 Å². The van der Waals surface area contributed by atoms with Gasteiger partial charge in [0.05, 0.1) is 0 Å². The summed E-state index contributed by atoms with van der Waals surface area (Å²) in [5.74, 6) is 0.615. The van der Waals surface area contributed by atoms with E-state index in [0.29, 0.717) is 5.92 Å². The van der Waals surface area contributed by atoms with E-state index >= 15 is 0 Å². The minimum Gasteiger partial charge on any atom is -0.327 e. The van der Waals surface area contributed by atoms with E-state index in [1.807, 2.05) is 0 Å². The fraction of sp³-hybridized carbons (Fsp3) is 0.375. The molecule has 0 radical (unpaired) electrons. The van der Waals surface area contributed by atoms with Crippen molar-refractivity contribution in [2.24, 2.45) is 11.7 Å². The topological polar surface area (TPSA) is 26.0 Å². The van der Waals surface area contributed by atoms with Crippen LogP contribution in [-0.4, -0.2) is 6.04 Å². The number of fused-ring (bicyclic) bond motifs is 1. The molecule has 1 nitrogen and oxygen atoms in total. The van der Waals surface area contributed by atoms with Gasteiger partial charge in [0.15, 0.2) is 0 Å². The Hall–Kier alpha value is -0.640. The van der Waals surface area contributed by atoms with Gasteiger partial charge in [0.2, 0.25) is 0 Å². The van der Waals surface area contributed by atoms with E-state index in [0.717, 1.165) is 12.8 Å². The van der Waals surface area contributed by atoms with Crippen LogP contribution in [0.1, 0.15) is 22.4 Å². The summed E-state index contributed by atoms with van der Waals surface area (Å²) in [7, 11) is 0. The standard InChI is InChI=1S/C16H18BrNS/c17-14-7-8-19-16(14)10-15(18)13-6-5-11-3-1-2-4-12(11)9-13/h1-4,7-8,13,15H,5-6,9-10,18H2. The highest BCUT2D eigenvalue weighted by Gasteiger charge is 2.24. The molecule has 1 aliphatic rings. The van der Waals surface area contributed by atoms with Crippen molar-refractivity contribution in [2.45, 2.75) is 31.7 Å². The Morgan fingerprint density at radius 1 is 1.26 bits per heavy atom. The van der Waals surface area contributed by atoms with Gasteiger partial charge in [-0.15, -0.1) is 11.3 Å². The average Bonchev–Trinajstić information content (AvgIpc) is 2.84. The number of hydrogen-bond donors (Lipinski definition) is 1. The minimum absolute atomic E-state index is 0.267. The molecule has 3 heteroatoms. The summed E-state index contributed by atoms with van der Waals surface area (Å²) in [6.07, 6.45) is 4.53. The summed E-state index contributed by atoms with van der Waals surface area (Å²) in [5, 5.41) is 2.13. The van der Waals surface area contributed by atoms with E-state index < -0.39 is 0 Å². The highest BCUT2D eigenvalue weighted by molar-refractivity contribution is 9.10. The molecule has 1 aromatic carbocycles. The highest BCUT2D eigenvalue weighted by Crippen LogP contribution is 2.30. The largest absolute Gasteiger partial charge is 0.327 e. The number of rotatable bonds is 3. The van der Waals surface area contributed by atoms with E-state index in [-0.39, 0.29) is 6.04 Å². The Balaban J connectivity index is 1.69. The van der Waals surface area contributed by atoms with Crippen molar-refractivity contribution in [1.82, 2.24) is 0 Å². The van der Waals surface area contributed by atoms with Crippen LogP contribution in [0.5, 0.6) is 0 Å². The Morgan fingerprint density at radius 2 is 2.05 bits per heavy atom.